The van der Waals surface area contributed by atoms with Gasteiger partial charge in [0, 0.05) is 12.8 Å². The fraction of sp³-hybridized carbons (Fsp3) is 0.709. The summed E-state index contributed by atoms with van der Waals surface area (Å²) in [6, 6.07) is 0. The molecule has 0 fully saturated rings. The Balaban J connectivity index is 4.03. The van der Waals surface area contributed by atoms with Crippen LogP contribution in [0.4, 0.5) is 0 Å². The van der Waals surface area contributed by atoms with E-state index >= 15 is 0 Å². The molecular weight excluding hydrogens is 1170 g/mol. The van der Waals surface area contributed by atoms with Crippen LogP contribution in [0.3, 0.4) is 0 Å². The van der Waals surface area contributed by atoms with Crippen LogP contribution in [0.15, 0.2) is 134 Å². The number of carbonyl (C=O) groups excluding carboxylic acids is 3. The van der Waals surface area contributed by atoms with Gasteiger partial charge < -0.3 is 33.3 Å². The summed E-state index contributed by atoms with van der Waals surface area (Å²) in [7, 11) is 5.94. The summed E-state index contributed by atoms with van der Waals surface area (Å²) in [5.41, 5.74) is 0. The second-order valence-corrected chi connectivity index (χ2v) is 27.2. The van der Waals surface area contributed by atoms with Gasteiger partial charge in [-0.25, -0.2) is 0 Å². The molecule has 0 aromatic heterocycles. The van der Waals surface area contributed by atoms with Crippen LogP contribution >= 0.6 is 0 Å². The molecule has 0 heterocycles. The fourth-order valence-corrected chi connectivity index (χ4v) is 11.0. The van der Waals surface area contributed by atoms with Crippen LogP contribution in [0.25, 0.3) is 0 Å². The van der Waals surface area contributed by atoms with Crippen LogP contribution in [0.1, 0.15) is 335 Å². The van der Waals surface area contributed by atoms with Gasteiger partial charge in [-0.05, 0) is 109 Å². The van der Waals surface area contributed by atoms with Gasteiger partial charge in [0.2, 0.25) is 0 Å². The van der Waals surface area contributed by atoms with Gasteiger partial charge in [-0.2, -0.15) is 0 Å². The maximum absolute atomic E-state index is 13.0. The largest absolute Gasteiger partial charge is 0.545 e. The van der Waals surface area contributed by atoms with Gasteiger partial charge in [-0.3, -0.25) is 9.59 Å². The van der Waals surface area contributed by atoms with Crippen LogP contribution in [-0.2, 0) is 33.3 Å². The predicted octanol–water partition coefficient (Wildman–Crippen LogP) is 23.9. The van der Waals surface area contributed by atoms with Gasteiger partial charge >= 0.3 is 11.9 Å². The first-order valence-corrected chi connectivity index (χ1v) is 39.3. The lowest BCUT2D eigenvalue weighted by Gasteiger charge is -2.26. The molecule has 0 radical (unpaired) electrons. The first kappa shape index (κ1) is 90.4. The van der Waals surface area contributed by atoms with Crippen LogP contribution < -0.4 is 5.11 Å². The molecule has 0 saturated heterocycles. The fourth-order valence-electron chi connectivity index (χ4n) is 11.0. The number of aliphatic carboxylic acids is 1. The van der Waals surface area contributed by atoms with Crippen molar-refractivity contribution in [1.29, 1.82) is 0 Å². The lowest BCUT2D eigenvalue weighted by atomic mass is 10.0. The second kappa shape index (κ2) is 75.2. The summed E-state index contributed by atoms with van der Waals surface area (Å²) in [4.78, 5) is 37.6. The molecule has 95 heavy (non-hydrogen) atoms. The van der Waals surface area contributed by atoms with Crippen LogP contribution in [0, 0.1) is 0 Å². The van der Waals surface area contributed by atoms with E-state index in [2.05, 4.69) is 148 Å². The number of likely N-dealkylation sites (N-methyl/N-ethyl adjacent to an activating group) is 1. The zero-order valence-electron chi connectivity index (χ0n) is 62.3. The minimum Gasteiger partial charge on any atom is -0.545 e. The summed E-state index contributed by atoms with van der Waals surface area (Å²) < 4.78 is 22.9. The molecule has 9 nitrogen and oxygen atoms in total. The Morgan fingerprint density at radius 3 is 0.842 bits per heavy atom. The van der Waals surface area contributed by atoms with E-state index in [0.29, 0.717) is 23.9 Å². The Hall–Kier alpha value is -4.57. The highest BCUT2D eigenvalue weighted by Crippen LogP contribution is 2.18. The van der Waals surface area contributed by atoms with Crippen molar-refractivity contribution in [2.24, 2.45) is 0 Å². The highest BCUT2D eigenvalue weighted by Gasteiger charge is 2.22. The Labute approximate surface area is 586 Å². The maximum atomic E-state index is 13.0. The molecule has 544 valence electrons. The quantitative estimate of drug-likeness (QED) is 0.0195. The van der Waals surface area contributed by atoms with E-state index < -0.39 is 24.3 Å². The van der Waals surface area contributed by atoms with E-state index in [0.717, 1.165) is 109 Å². The smallest absolute Gasteiger partial charge is 0.306 e. The summed E-state index contributed by atoms with van der Waals surface area (Å²) in [5, 5.41) is 11.9. The number of allylic oxidation sites excluding steroid dienone is 22. The van der Waals surface area contributed by atoms with Gasteiger partial charge in [0.05, 0.1) is 40.3 Å². The molecule has 0 rings (SSSR count). The van der Waals surface area contributed by atoms with Gasteiger partial charge in [-0.1, -0.05) is 347 Å². The van der Waals surface area contributed by atoms with Crippen molar-refractivity contribution >= 4 is 17.9 Å². The number of carbonyl (C=O) groups is 3. The minimum absolute atomic E-state index is 0.145. The summed E-state index contributed by atoms with van der Waals surface area (Å²) >= 11 is 0. The van der Waals surface area contributed by atoms with Crippen LogP contribution in [-0.4, -0.2) is 82.3 Å². The minimum atomic E-state index is -1.63. The number of hydrogen-bond acceptors (Lipinski definition) is 8. The van der Waals surface area contributed by atoms with Crippen molar-refractivity contribution in [2.75, 3.05) is 47.5 Å². The van der Waals surface area contributed by atoms with E-state index in [4.69, 9.17) is 18.9 Å². The Morgan fingerprint density at radius 1 is 0.316 bits per heavy atom. The molecule has 0 aromatic rings. The van der Waals surface area contributed by atoms with E-state index in [1.807, 2.05) is 21.1 Å². The third kappa shape index (κ3) is 76.7. The third-order valence-electron chi connectivity index (χ3n) is 16.9. The SMILES string of the molecule is CC/C=C\C/C=C\C/C=C\C/C=C\C/C=C\C/C=C\C/C=C\CCCCCCCCCCCCCCCCCCCC(=O)OC(COC(=O)CCCCCCCCCCCCCCCCCCCC/C=C\C/C=C\C/C=C\C/C=C\CC)COC(OCC[N+](C)(C)C)C(=O)[O-]. The topological polar surface area (TPSA) is 111 Å². The molecular formula is C86H147NO8. The number of hydrogen-bond donors (Lipinski definition) is 0. The molecule has 2 atom stereocenters. The molecule has 0 amide bonds. The predicted molar refractivity (Wildman–Crippen MR) is 407 cm³/mol. The number of quaternary nitrogens is 1. The summed E-state index contributed by atoms with van der Waals surface area (Å²) in [6.45, 7) is 4.55. The lowest BCUT2D eigenvalue weighted by molar-refractivity contribution is -0.870. The van der Waals surface area contributed by atoms with Crippen molar-refractivity contribution in [3.05, 3.63) is 134 Å². The molecule has 0 bridgehead atoms. The van der Waals surface area contributed by atoms with Gasteiger partial charge in [0.1, 0.15) is 13.2 Å². The number of rotatable bonds is 72. The number of esters is 2. The Bertz CT molecular complexity index is 2030. The van der Waals surface area contributed by atoms with Crippen molar-refractivity contribution in [2.45, 2.75) is 347 Å². The van der Waals surface area contributed by atoms with Crippen molar-refractivity contribution < 1.29 is 42.9 Å². The molecule has 0 aromatic carbocycles. The van der Waals surface area contributed by atoms with Crippen molar-refractivity contribution in [3.63, 3.8) is 0 Å². The molecule has 0 aliphatic rings. The lowest BCUT2D eigenvalue weighted by Crippen LogP contribution is -2.44. The molecule has 2 unspecified atom stereocenters. The van der Waals surface area contributed by atoms with Crippen LogP contribution in [0.2, 0.25) is 0 Å². The van der Waals surface area contributed by atoms with Gasteiger partial charge in [0.15, 0.2) is 12.4 Å². The number of ether oxygens (including phenoxy) is 4. The Kier molecular flexibility index (Phi) is 71.6. The van der Waals surface area contributed by atoms with E-state index in [-0.39, 0.29) is 32.2 Å². The molecule has 0 aliphatic carbocycles. The normalized spacial score (nSPS) is 13.4. The molecule has 0 spiro atoms. The number of carboxylic acids is 1. The molecule has 0 saturated carbocycles. The molecule has 9 heteroatoms. The van der Waals surface area contributed by atoms with Gasteiger partial charge in [-0.15, -0.1) is 0 Å². The zero-order valence-corrected chi connectivity index (χ0v) is 62.3. The third-order valence-corrected chi connectivity index (χ3v) is 16.9. The van der Waals surface area contributed by atoms with E-state index in [1.54, 1.807) is 0 Å². The van der Waals surface area contributed by atoms with E-state index in [1.165, 1.54) is 193 Å². The first-order valence-electron chi connectivity index (χ1n) is 39.3. The van der Waals surface area contributed by atoms with Crippen molar-refractivity contribution in [3.8, 4) is 0 Å². The van der Waals surface area contributed by atoms with E-state index in [9.17, 15) is 19.5 Å². The maximum Gasteiger partial charge on any atom is 0.306 e. The average Bonchev–Trinajstić information content (AvgIpc) is 2.92. The van der Waals surface area contributed by atoms with Crippen LogP contribution in [0.5, 0.6) is 0 Å². The monoisotopic (exact) mass is 1320 g/mol. The first-order chi connectivity index (χ1) is 46.6. The highest BCUT2D eigenvalue weighted by molar-refractivity contribution is 5.70. The molecule has 0 N–H and O–H groups in total. The number of nitrogens with zero attached hydrogens (tertiary/aromatic N) is 1. The molecule has 0 aliphatic heterocycles. The summed E-state index contributed by atoms with van der Waals surface area (Å²) in [6.07, 6.45) is 106. The van der Waals surface area contributed by atoms with Gasteiger partial charge in [0.25, 0.3) is 0 Å². The second-order valence-electron chi connectivity index (χ2n) is 27.2. The zero-order chi connectivity index (χ0) is 69.0. The standard InChI is InChI=1S/C86H147NO8/c1-6-8-10-12-14-16-18-20-22-24-26-28-30-32-34-36-38-39-40-41-42-43-44-45-47-49-51-53-55-57-59-61-63-65-67-69-71-73-75-77-84(89)95-82(81-94-86(85(90)91)92-79-78-87(3,4)5)80-93-83(88)76-74-72-70-68-66-64-62-60-58-56-54-52-50-48-46-37-35-33-31-29-27-25-23-21-19-17-15-13-11-9-7-2/h8-11,14-17,20-23,26-29,32,34,38-39,41-42,82,86H,6-7,12-13,18-19,24-25,30-31,33,35-37,40,43-81H2,1-5H3/b10-8-,11-9-,16-14-,17-15-,22-20-,23-21-,28-26-,29-27-,34-32-,39-38-,42-41-. The number of unbranched alkanes of at least 4 members (excludes halogenated alkanes) is 35. The average molecular weight is 1320 g/mol. The highest BCUT2D eigenvalue weighted by atomic mass is 16.7. The summed E-state index contributed by atoms with van der Waals surface area (Å²) in [5.74, 6) is -2.27. The van der Waals surface area contributed by atoms with Crippen molar-refractivity contribution in [1.82, 2.24) is 0 Å². The Morgan fingerprint density at radius 2 is 0.568 bits per heavy atom. The number of carboxylic acid groups (broad SMARTS) is 1.